The summed E-state index contributed by atoms with van der Waals surface area (Å²) in [5.74, 6) is 0.863. The second kappa shape index (κ2) is 10.6. The lowest BCUT2D eigenvalue weighted by Crippen LogP contribution is -2.45. The number of aromatic nitrogens is 2. The van der Waals surface area contributed by atoms with Crippen LogP contribution in [0.1, 0.15) is 12.0 Å². The van der Waals surface area contributed by atoms with Crippen molar-refractivity contribution in [2.75, 3.05) is 31.6 Å². The molecule has 1 atom stereocenters. The van der Waals surface area contributed by atoms with Crippen LogP contribution in [0.25, 0.3) is 0 Å². The molecular weight excluding hydrogens is 482 g/mol. The van der Waals surface area contributed by atoms with Crippen LogP contribution in [-0.2, 0) is 6.42 Å². The SMILES string of the molecule is CN=C(NCCc1ccc(Cl)nc1)NC1CCN(c2ncccc2F)C1.I. The fraction of sp³-hybridized carbons (Fsp3) is 0.389. The van der Waals surface area contributed by atoms with E-state index in [2.05, 4.69) is 25.6 Å². The topological polar surface area (TPSA) is 65.4 Å². The van der Waals surface area contributed by atoms with E-state index in [0.29, 0.717) is 17.5 Å². The van der Waals surface area contributed by atoms with Crippen LogP contribution in [0.4, 0.5) is 10.2 Å². The summed E-state index contributed by atoms with van der Waals surface area (Å²) < 4.78 is 13.9. The van der Waals surface area contributed by atoms with E-state index in [-0.39, 0.29) is 35.8 Å². The Balaban J connectivity index is 0.00000261. The molecule has 146 valence electrons. The molecule has 0 bridgehead atoms. The molecule has 0 radical (unpaired) electrons. The number of halogens is 3. The maximum absolute atomic E-state index is 13.9. The van der Waals surface area contributed by atoms with Crippen LogP contribution in [0, 0.1) is 5.82 Å². The minimum absolute atomic E-state index is 0. The second-order valence-electron chi connectivity index (χ2n) is 6.12. The summed E-state index contributed by atoms with van der Waals surface area (Å²) in [6, 6.07) is 6.99. The maximum Gasteiger partial charge on any atom is 0.191 e. The average Bonchev–Trinajstić information content (AvgIpc) is 3.11. The van der Waals surface area contributed by atoms with Crippen molar-refractivity contribution in [3.63, 3.8) is 0 Å². The van der Waals surface area contributed by atoms with Gasteiger partial charge in [0.2, 0.25) is 0 Å². The second-order valence-corrected chi connectivity index (χ2v) is 6.51. The van der Waals surface area contributed by atoms with Crippen molar-refractivity contribution in [3.8, 4) is 0 Å². The summed E-state index contributed by atoms with van der Waals surface area (Å²) in [7, 11) is 1.74. The number of nitrogens with zero attached hydrogens (tertiary/aromatic N) is 4. The number of nitrogens with one attached hydrogen (secondary N) is 2. The van der Waals surface area contributed by atoms with Gasteiger partial charge < -0.3 is 15.5 Å². The summed E-state index contributed by atoms with van der Waals surface area (Å²) in [5.41, 5.74) is 1.11. The van der Waals surface area contributed by atoms with E-state index in [4.69, 9.17) is 11.6 Å². The van der Waals surface area contributed by atoms with Gasteiger partial charge in [-0.15, -0.1) is 24.0 Å². The maximum atomic E-state index is 13.9. The first-order valence-corrected chi connectivity index (χ1v) is 8.96. The Bertz CT molecular complexity index is 758. The van der Waals surface area contributed by atoms with Crippen molar-refractivity contribution in [2.24, 2.45) is 4.99 Å². The number of anilines is 1. The Morgan fingerprint density at radius 3 is 2.93 bits per heavy atom. The van der Waals surface area contributed by atoms with E-state index in [1.807, 2.05) is 11.0 Å². The number of rotatable bonds is 5. The van der Waals surface area contributed by atoms with Gasteiger partial charge in [0.15, 0.2) is 17.6 Å². The first kappa shape index (κ1) is 21.6. The van der Waals surface area contributed by atoms with Gasteiger partial charge in [0.1, 0.15) is 5.15 Å². The van der Waals surface area contributed by atoms with Crippen molar-refractivity contribution in [1.29, 1.82) is 0 Å². The third-order valence-electron chi connectivity index (χ3n) is 4.29. The fourth-order valence-electron chi connectivity index (χ4n) is 2.95. The number of pyridine rings is 2. The van der Waals surface area contributed by atoms with E-state index in [9.17, 15) is 4.39 Å². The van der Waals surface area contributed by atoms with Crippen LogP contribution in [0.2, 0.25) is 5.15 Å². The highest BCUT2D eigenvalue weighted by Gasteiger charge is 2.25. The van der Waals surface area contributed by atoms with Crippen molar-refractivity contribution < 1.29 is 4.39 Å². The van der Waals surface area contributed by atoms with Gasteiger partial charge in [-0.25, -0.2) is 14.4 Å². The van der Waals surface area contributed by atoms with Crippen LogP contribution in [0.3, 0.4) is 0 Å². The number of hydrogen-bond donors (Lipinski definition) is 2. The molecule has 0 aliphatic carbocycles. The monoisotopic (exact) mass is 504 g/mol. The molecule has 2 N–H and O–H groups in total. The molecule has 1 unspecified atom stereocenters. The summed E-state index contributed by atoms with van der Waals surface area (Å²) >= 11 is 5.79. The predicted octanol–water partition coefficient (Wildman–Crippen LogP) is 2.87. The zero-order valence-electron chi connectivity index (χ0n) is 15.0. The van der Waals surface area contributed by atoms with E-state index < -0.39 is 0 Å². The first-order valence-electron chi connectivity index (χ1n) is 8.59. The minimum Gasteiger partial charge on any atom is -0.356 e. The third-order valence-corrected chi connectivity index (χ3v) is 4.51. The highest BCUT2D eigenvalue weighted by atomic mass is 127. The van der Waals surface area contributed by atoms with Gasteiger partial charge in [-0.2, -0.15) is 0 Å². The van der Waals surface area contributed by atoms with Crippen LogP contribution in [-0.4, -0.2) is 48.7 Å². The molecule has 0 aromatic carbocycles. The number of aliphatic imine (C=N–C) groups is 1. The molecule has 2 aromatic heterocycles. The molecule has 9 heteroatoms. The predicted molar refractivity (Wildman–Crippen MR) is 118 cm³/mol. The number of guanidine groups is 1. The molecule has 6 nitrogen and oxygen atoms in total. The van der Waals surface area contributed by atoms with E-state index >= 15 is 0 Å². The molecule has 3 heterocycles. The normalized spacial score (nSPS) is 16.8. The highest BCUT2D eigenvalue weighted by molar-refractivity contribution is 14.0. The molecule has 27 heavy (non-hydrogen) atoms. The van der Waals surface area contributed by atoms with Crippen LogP contribution in [0.15, 0.2) is 41.7 Å². The Labute approximate surface area is 180 Å². The van der Waals surface area contributed by atoms with Crippen molar-refractivity contribution in [2.45, 2.75) is 18.9 Å². The standard InChI is InChI=1S/C18H22ClFN6.HI/c1-21-18(23-9-6-13-4-5-16(19)24-11-13)25-14-7-10-26(12-14)17-15(20)3-2-8-22-17;/h2-5,8,11,14H,6-7,9-10,12H2,1H3,(H2,21,23,25);1H. The minimum atomic E-state index is -0.285. The van der Waals surface area contributed by atoms with Gasteiger partial charge in [0.25, 0.3) is 0 Å². The van der Waals surface area contributed by atoms with Crippen LogP contribution in [0.5, 0.6) is 0 Å². The lowest BCUT2D eigenvalue weighted by Gasteiger charge is -2.20. The van der Waals surface area contributed by atoms with Crippen molar-refractivity contribution >= 4 is 47.4 Å². The summed E-state index contributed by atoms with van der Waals surface area (Å²) in [5, 5.41) is 7.18. The molecule has 1 aliphatic rings. The molecule has 0 amide bonds. The Morgan fingerprint density at radius 2 is 2.22 bits per heavy atom. The summed E-state index contributed by atoms with van der Waals surface area (Å²) in [6.45, 7) is 2.18. The van der Waals surface area contributed by atoms with E-state index in [1.54, 1.807) is 31.6 Å². The quantitative estimate of drug-likeness (QED) is 0.284. The van der Waals surface area contributed by atoms with Crippen molar-refractivity contribution in [3.05, 3.63) is 53.2 Å². The Kier molecular flexibility index (Phi) is 8.49. The third kappa shape index (κ3) is 6.17. The smallest absolute Gasteiger partial charge is 0.191 e. The van der Waals surface area contributed by atoms with Crippen LogP contribution < -0.4 is 15.5 Å². The zero-order chi connectivity index (χ0) is 18.4. The lowest BCUT2D eigenvalue weighted by molar-refractivity contribution is 0.612. The van der Waals surface area contributed by atoms with Gasteiger partial charge in [-0.1, -0.05) is 17.7 Å². The van der Waals surface area contributed by atoms with E-state index in [1.165, 1.54) is 6.07 Å². The summed E-state index contributed by atoms with van der Waals surface area (Å²) in [6.07, 6.45) is 5.11. The molecule has 0 spiro atoms. The molecule has 1 saturated heterocycles. The van der Waals surface area contributed by atoms with Crippen LogP contribution >= 0.6 is 35.6 Å². The molecule has 2 aromatic rings. The van der Waals surface area contributed by atoms with Gasteiger partial charge >= 0.3 is 0 Å². The van der Waals surface area contributed by atoms with Gasteiger partial charge in [0, 0.05) is 45.1 Å². The van der Waals surface area contributed by atoms with Gasteiger partial charge in [0.05, 0.1) is 0 Å². The molecule has 1 aliphatic heterocycles. The first-order chi connectivity index (χ1) is 12.7. The largest absolute Gasteiger partial charge is 0.356 e. The lowest BCUT2D eigenvalue weighted by atomic mass is 10.2. The highest BCUT2D eigenvalue weighted by Crippen LogP contribution is 2.20. The molecular formula is C18H23ClFIN6. The Morgan fingerprint density at radius 1 is 1.37 bits per heavy atom. The Hall–Kier alpha value is -1.68. The molecule has 3 rings (SSSR count). The molecule has 0 saturated carbocycles. The zero-order valence-corrected chi connectivity index (χ0v) is 18.1. The van der Waals surface area contributed by atoms with Gasteiger partial charge in [-0.05, 0) is 36.6 Å². The van der Waals surface area contributed by atoms with Crippen molar-refractivity contribution in [1.82, 2.24) is 20.6 Å². The number of hydrogen-bond acceptors (Lipinski definition) is 4. The fourth-order valence-corrected chi connectivity index (χ4v) is 3.06. The van der Waals surface area contributed by atoms with Gasteiger partial charge in [-0.3, -0.25) is 4.99 Å². The average molecular weight is 505 g/mol. The summed E-state index contributed by atoms with van der Waals surface area (Å²) in [4.78, 5) is 14.4. The van der Waals surface area contributed by atoms with E-state index in [0.717, 1.165) is 37.5 Å². The molecule has 1 fully saturated rings.